The highest BCUT2D eigenvalue weighted by atomic mass is 16.7. The second-order valence-electron chi connectivity index (χ2n) is 18.7. The van der Waals surface area contributed by atoms with E-state index in [2.05, 4.69) is 38.2 Å². The van der Waals surface area contributed by atoms with E-state index in [1.807, 2.05) is 0 Å². The lowest BCUT2D eigenvalue weighted by Gasteiger charge is -2.39. The van der Waals surface area contributed by atoms with Gasteiger partial charge in [0.1, 0.15) is 31.0 Å². The summed E-state index contributed by atoms with van der Waals surface area (Å²) in [6.45, 7) is 3.44. The predicted octanol–water partition coefficient (Wildman–Crippen LogP) is 12.8. The van der Waals surface area contributed by atoms with Crippen molar-refractivity contribution in [3.63, 3.8) is 0 Å². The molecule has 1 fully saturated rings. The van der Waals surface area contributed by atoms with Gasteiger partial charge in [-0.25, -0.2) is 0 Å². The van der Waals surface area contributed by atoms with Crippen LogP contribution in [0.25, 0.3) is 0 Å². The summed E-state index contributed by atoms with van der Waals surface area (Å²) in [6, 6.07) is 0. The Morgan fingerprint density at radius 2 is 0.875 bits per heavy atom. The maximum atomic E-state index is 12.8. The largest absolute Gasteiger partial charge is 0.462 e. The molecule has 1 aliphatic rings. The van der Waals surface area contributed by atoms with E-state index in [9.17, 15) is 30.0 Å². The summed E-state index contributed by atoms with van der Waals surface area (Å²) in [5.41, 5.74) is 0. The van der Waals surface area contributed by atoms with E-state index in [-0.39, 0.29) is 32.0 Å². The fraction of sp³-hybridized carbons (Fsp3) is 0.889. The fourth-order valence-corrected chi connectivity index (χ4v) is 8.34. The van der Waals surface area contributed by atoms with Gasteiger partial charge >= 0.3 is 11.9 Å². The quantitative estimate of drug-likeness (QED) is 0.0264. The van der Waals surface area contributed by atoms with Crippen molar-refractivity contribution < 1.29 is 49.0 Å². The first kappa shape index (κ1) is 60.2. The molecule has 10 heteroatoms. The minimum absolute atomic E-state index is 0.214. The lowest BCUT2D eigenvalue weighted by atomic mass is 9.99. The molecular weight excluding hydrogens is 809 g/mol. The molecule has 0 bridgehead atoms. The zero-order chi connectivity index (χ0) is 46.6. The van der Waals surface area contributed by atoms with Gasteiger partial charge in [-0.2, -0.15) is 0 Å². The molecule has 376 valence electrons. The van der Waals surface area contributed by atoms with E-state index in [0.29, 0.717) is 6.42 Å². The molecular formula is C54H100O10. The number of carbonyl (C=O) groups excluding carboxylic acids is 2. The zero-order valence-electron chi connectivity index (χ0n) is 41.3. The Kier molecular flexibility index (Phi) is 42.3. The predicted molar refractivity (Wildman–Crippen MR) is 261 cm³/mol. The van der Waals surface area contributed by atoms with E-state index in [1.165, 1.54) is 167 Å². The van der Waals surface area contributed by atoms with E-state index < -0.39 is 49.4 Å². The molecule has 0 spiro atoms. The Morgan fingerprint density at radius 3 is 1.33 bits per heavy atom. The van der Waals surface area contributed by atoms with Crippen LogP contribution in [-0.2, 0) is 28.5 Å². The van der Waals surface area contributed by atoms with E-state index in [1.54, 1.807) is 0 Å². The van der Waals surface area contributed by atoms with Gasteiger partial charge in [0.2, 0.25) is 0 Å². The van der Waals surface area contributed by atoms with Crippen LogP contribution in [-0.4, -0.2) is 89.0 Å². The van der Waals surface area contributed by atoms with Gasteiger partial charge in [-0.05, 0) is 44.9 Å². The molecule has 0 aromatic carbocycles. The van der Waals surface area contributed by atoms with Gasteiger partial charge in [0.25, 0.3) is 0 Å². The Balaban J connectivity index is 2.23. The third kappa shape index (κ3) is 35.4. The summed E-state index contributed by atoms with van der Waals surface area (Å²) < 4.78 is 22.3. The maximum Gasteiger partial charge on any atom is 0.306 e. The van der Waals surface area contributed by atoms with Crippen molar-refractivity contribution in [1.82, 2.24) is 0 Å². The SMILES string of the molecule is CCCCC/C=C\C/C=C\CCCCCCCCCCCC(=O)OC(COC(=O)CCCCCCCCCCCCCCCCCCCCCC)COC1OC(CO)C(O)C(O)C1O. The molecule has 1 saturated heterocycles. The van der Waals surface area contributed by atoms with E-state index in [0.717, 1.165) is 51.4 Å². The smallest absolute Gasteiger partial charge is 0.306 e. The molecule has 1 aliphatic heterocycles. The number of aliphatic hydroxyl groups excluding tert-OH is 4. The summed E-state index contributed by atoms with van der Waals surface area (Å²) in [5, 5.41) is 40.2. The number of aliphatic hydroxyl groups is 4. The van der Waals surface area contributed by atoms with Crippen LogP contribution in [0.4, 0.5) is 0 Å². The second-order valence-corrected chi connectivity index (χ2v) is 18.7. The van der Waals surface area contributed by atoms with Gasteiger partial charge in [-0.1, -0.05) is 218 Å². The van der Waals surface area contributed by atoms with Crippen LogP contribution in [0.1, 0.15) is 251 Å². The number of ether oxygens (including phenoxy) is 4. The molecule has 0 saturated carbocycles. The molecule has 0 aliphatic carbocycles. The molecule has 0 amide bonds. The van der Waals surface area contributed by atoms with Crippen LogP contribution < -0.4 is 0 Å². The Hall–Kier alpha value is -1.82. The topological polar surface area (TPSA) is 152 Å². The van der Waals surface area contributed by atoms with Gasteiger partial charge in [-0.3, -0.25) is 9.59 Å². The van der Waals surface area contributed by atoms with Crippen LogP contribution in [0.15, 0.2) is 24.3 Å². The Labute approximate surface area is 392 Å². The number of carbonyl (C=O) groups is 2. The van der Waals surface area contributed by atoms with Gasteiger partial charge in [0.15, 0.2) is 12.4 Å². The Bertz CT molecular complexity index is 1100. The van der Waals surface area contributed by atoms with Crippen molar-refractivity contribution in [2.24, 2.45) is 0 Å². The van der Waals surface area contributed by atoms with Crippen molar-refractivity contribution in [1.29, 1.82) is 0 Å². The summed E-state index contributed by atoms with van der Waals surface area (Å²) >= 11 is 0. The first-order chi connectivity index (χ1) is 31.3. The summed E-state index contributed by atoms with van der Waals surface area (Å²) in [4.78, 5) is 25.5. The average molecular weight is 909 g/mol. The number of rotatable bonds is 46. The third-order valence-electron chi connectivity index (χ3n) is 12.6. The molecule has 10 nitrogen and oxygen atoms in total. The van der Waals surface area contributed by atoms with Gasteiger partial charge in [0, 0.05) is 12.8 Å². The molecule has 1 rings (SSSR count). The summed E-state index contributed by atoms with van der Waals surface area (Å²) in [7, 11) is 0. The third-order valence-corrected chi connectivity index (χ3v) is 12.6. The van der Waals surface area contributed by atoms with Crippen LogP contribution in [0.3, 0.4) is 0 Å². The van der Waals surface area contributed by atoms with Crippen LogP contribution in [0, 0.1) is 0 Å². The van der Waals surface area contributed by atoms with Crippen LogP contribution in [0.5, 0.6) is 0 Å². The second kappa shape index (κ2) is 45.0. The lowest BCUT2D eigenvalue weighted by molar-refractivity contribution is -0.305. The lowest BCUT2D eigenvalue weighted by Crippen LogP contribution is -2.59. The summed E-state index contributed by atoms with van der Waals surface area (Å²) in [5.74, 6) is -0.797. The number of unbranched alkanes of at least 4 members (excludes halogenated alkanes) is 31. The molecule has 0 aromatic rings. The normalized spacial score (nSPS) is 19.5. The van der Waals surface area contributed by atoms with E-state index >= 15 is 0 Å². The van der Waals surface area contributed by atoms with Gasteiger partial charge in [0.05, 0.1) is 13.2 Å². The number of hydrogen-bond acceptors (Lipinski definition) is 10. The molecule has 6 atom stereocenters. The van der Waals surface area contributed by atoms with Crippen molar-refractivity contribution in [2.75, 3.05) is 19.8 Å². The Morgan fingerprint density at radius 1 is 0.484 bits per heavy atom. The highest BCUT2D eigenvalue weighted by molar-refractivity contribution is 5.70. The van der Waals surface area contributed by atoms with E-state index in [4.69, 9.17) is 18.9 Å². The fourth-order valence-electron chi connectivity index (χ4n) is 8.34. The first-order valence-electron chi connectivity index (χ1n) is 26.9. The highest BCUT2D eigenvalue weighted by Gasteiger charge is 2.44. The minimum atomic E-state index is -1.59. The van der Waals surface area contributed by atoms with Crippen molar-refractivity contribution in [3.05, 3.63) is 24.3 Å². The highest BCUT2D eigenvalue weighted by Crippen LogP contribution is 2.23. The average Bonchev–Trinajstić information content (AvgIpc) is 3.29. The number of esters is 2. The van der Waals surface area contributed by atoms with Crippen molar-refractivity contribution in [3.8, 4) is 0 Å². The molecule has 0 aromatic heterocycles. The first-order valence-corrected chi connectivity index (χ1v) is 26.9. The molecule has 64 heavy (non-hydrogen) atoms. The molecule has 6 unspecified atom stereocenters. The van der Waals surface area contributed by atoms with Crippen molar-refractivity contribution in [2.45, 2.75) is 288 Å². The molecule has 1 heterocycles. The minimum Gasteiger partial charge on any atom is -0.462 e. The van der Waals surface area contributed by atoms with Gasteiger partial charge in [-0.15, -0.1) is 0 Å². The monoisotopic (exact) mass is 909 g/mol. The van der Waals surface area contributed by atoms with Crippen molar-refractivity contribution >= 4 is 11.9 Å². The molecule has 0 radical (unpaired) electrons. The van der Waals surface area contributed by atoms with Crippen LogP contribution in [0.2, 0.25) is 0 Å². The van der Waals surface area contributed by atoms with Crippen LogP contribution >= 0.6 is 0 Å². The summed E-state index contributed by atoms with van der Waals surface area (Å²) in [6.07, 6.45) is 44.7. The maximum absolute atomic E-state index is 12.8. The number of hydrogen-bond donors (Lipinski definition) is 4. The molecule has 4 N–H and O–H groups in total. The standard InChI is InChI=1S/C54H100O10/c1-3-5-7-9-11-13-15-17-19-21-23-25-26-28-30-32-34-36-38-40-42-49(56)61-45-47(46-62-54-53(60)52(59)51(58)48(44-55)64-54)63-50(57)43-41-39-37-35-33-31-29-27-24-22-20-18-16-14-12-10-8-6-4-2/h12,14,18,20,47-48,51-55,58-60H,3-11,13,15-17,19,21-46H2,1-2H3/b14-12-,20-18-. The number of allylic oxidation sites excluding steroid dienone is 4. The zero-order valence-corrected chi connectivity index (χ0v) is 41.3. The van der Waals surface area contributed by atoms with Gasteiger partial charge < -0.3 is 39.4 Å².